The summed E-state index contributed by atoms with van der Waals surface area (Å²) in [5, 5.41) is 8.86. The summed E-state index contributed by atoms with van der Waals surface area (Å²) in [6.45, 7) is 6.52. The van der Waals surface area contributed by atoms with Gasteiger partial charge in [0.05, 0.1) is 6.07 Å². The van der Waals surface area contributed by atoms with Crippen molar-refractivity contribution in [2.45, 2.75) is 38.1 Å². The molecule has 0 aromatic heterocycles. The summed E-state index contributed by atoms with van der Waals surface area (Å²) < 4.78 is 0. The van der Waals surface area contributed by atoms with Crippen LogP contribution >= 0.6 is 0 Å². The van der Waals surface area contributed by atoms with E-state index in [-0.39, 0.29) is 0 Å². The zero-order chi connectivity index (χ0) is 13.6. The fraction of sp³-hybridized carbons (Fsp3) is 0.929. The summed E-state index contributed by atoms with van der Waals surface area (Å²) in [7, 11) is 4.30. The molecule has 0 aliphatic carbocycles. The molecule has 4 nitrogen and oxygen atoms in total. The van der Waals surface area contributed by atoms with Gasteiger partial charge in [0.2, 0.25) is 0 Å². The van der Waals surface area contributed by atoms with E-state index in [1.165, 1.54) is 32.5 Å². The Kier molecular flexibility index (Phi) is 6.07. The van der Waals surface area contributed by atoms with E-state index in [9.17, 15) is 0 Å². The Labute approximate surface area is 112 Å². The van der Waals surface area contributed by atoms with Crippen molar-refractivity contribution in [1.82, 2.24) is 9.80 Å². The predicted molar refractivity (Wildman–Crippen MR) is 75.2 cm³/mol. The maximum Gasteiger partial charge on any atom is 0.101 e. The molecular weight excluding hydrogens is 224 g/mol. The Morgan fingerprint density at radius 1 is 1.39 bits per heavy atom. The quantitative estimate of drug-likeness (QED) is 0.774. The molecule has 1 heterocycles. The van der Waals surface area contributed by atoms with E-state index in [1.807, 2.05) is 6.92 Å². The normalized spacial score (nSPS) is 21.8. The molecule has 0 radical (unpaired) electrons. The van der Waals surface area contributed by atoms with Gasteiger partial charge in [-0.1, -0.05) is 0 Å². The summed E-state index contributed by atoms with van der Waals surface area (Å²) in [4.78, 5) is 4.80. The second-order valence-corrected chi connectivity index (χ2v) is 6.18. The third-order valence-corrected chi connectivity index (χ3v) is 3.76. The lowest BCUT2D eigenvalue weighted by atomic mass is 9.95. The highest BCUT2D eigenvalue weighted by Gasteiger charge is 2.21. The molecule has 1 atom stereocenters. The molecule has 1 fully saturated rings. The summed E-state index contributed by atoms with van der Waals surface area (Å²) in [6.07, 6.45) is 4.42. The van der Waals surface area contributed by atoms with E-state index >= 15 is 0 Å². The van der Waals surface area contributed by atoms with Gasteiger partial charge in [-0.2, -0.15) is 5.26 Å². The van der Waals surface area contributed by atoms with E-state index in [1.54, 1.807) is 0 Å². The monoisotopic (exact) mass is 252 g/mol. The largest absolute Gasteiger partial charge is 0.314 e. The minimum Gasteiger partial charge on any atom is -0.314 e. The van der Waals surface area contributed by atoms with Gasteiger partial charge in [0.25, 0.3) is 0 Å². The molecule has 1 aliphatic heterocycles. The molecule has 18 heavy (non-hydrogen) atoms. The van der Waals surface area contributed by atoms with Gasteiger partial charge < -0.3 is 15.5 Å². The number of piperidine rings is 1. The van der Waals surface area contributed by atoms with Gasteiger partial charge in [0.1, 0.15) is 5.54 Å². The minimum atomic E-state index is -0.650. The Bertz CT molecular complexity index is 272. The van der Waals surface area contributed by atoms with Gasteiger partial charge in [-0.3, -0.25) is 0 Å². The van der Waals surface area contributed by atoms with Crippen LogP contribution in [0.1, 0.15) is 32.6 Å². The molecule has 0 saturated carbocycles. The Morgan fingerprint density at radius 3 is 2.50 bits per heavy atom. The molecule has 0 aromatic rings. The van der Waals surface area contributed by atoms with Crippen molar-refractivity contribution in [1.29, 1.82) is 5.26 Å². The van der Waals surface area contributed by atoms with Crippen molar-refractivity contribution in [3.8, 4) is 6.07 Å². The third-order valence-electron chi connectivity index (χ3n) is 3.76. The number of rotatable bonds is 6. The molecule has 1 aliphatic rings. The fourth-order valence-corrected chi connectivity index (χ4v) is 2.63. The molecule has 1 unspecified atom stereocenters. The molecule has 1 rings (SSSR count). The molecule has 0 bridgehead atoms. The van der Waals surface area contributed by atoms with Crippen LogP contribution in [0.25, 0.3) is 0 Å². The van der Waals surface area contributed by atoms with E-state index in [2.05, 4.69) is 30.0 Å². The molecule has 0 aromatic carbocycles. The van der Waals surface area contributed by atoms with Crippen LogP contribution in [-0.4, -0.2) is 55.6 Å². The summed E-state index contributed by atoms with van der Waals surface area (Å²) in [5.41, 5.74) is 5.17. The molecule has 2 N–H and O–H groups in total. The van der Waals surface area contributed by atoms with Gasteiger partial charge in [-0.15, -0.1) is 0 Å². The van der Waals surface area contributed by atoms with E-state index in [4.69, 9.17) is 11.0 Å². The molecule has 0 spiro atoms. The zero-order valence-corrected chi connectivity index (χ0v) is 12.2. The smallest absolute Gasteiger partial charge is 0.101 e. The molecular formula is C14H28N4. The fourth-order valence-electron chi connectivity index (χ4n) is 2.63. The Hall–Kier alpha value is -0.630. The van der Waals surface area contributed by atoms with Crippen molar-refractivity contribution in [2.24, 2.45) is 11.7 Å². The lowest BCUT2D eigenvalue weighted by Gasteiger charge is -2.33. The van der Waals surface area contributed by atoms with Gasteiger partial charge in [-0.05, 0) is 72.3 Å². The first kappa shape index (κ1) is 15.4. The van der Waals surface area contributed by atoms with Crippen LogP contribution in [0.2, 0.25) is 0 Å². The predicted octanol–water partition coefficient (Wildman–Crippen LogP) is 1.28. The van der Waals surface area contributed by atoms with Crippen LogP contribution in [0, 0.1) is 17.2 Å². The second-order valence-electron chi connectivity index (χ2n) is 6.18. The van der Waals surface area contributed by atoms with Crippen molar-refractivity contribution in [3.05, 3.63) is 0 Å². The van der Waals surface area contributed by atoms with Crippen LogP contribution in [0.4, 0.5) is 0 Å². The second kappa shape index (κ2) is 7.08. The van der Waals surface area contributed by atoms with Crippen LogP contribution in [-0.2, 0) is 0 Å². The van der Waals surface area contributed by atoms with Crippen LogP contribution in [0.15, 0.2) is 0 Å². The maximum absolute atomic E-state index is 8.86. The molecule has 4 heteroatoms. The topological polar surface area (TPSA) is 56.3 Å². The van der Waals surface area contributed by atoms with E-state index in [0.717, 1.165) is 25.3 Å². The van der Waals surface area contributed by atoms with Gasteiger partial charge in [-0.25, -0.2) is 0 Å². The van der Waals surface area contributed by atoms with Crippen molar-refractivity contribution in [2.75, 3.05) is 40.3 Å². The number of likely N-dealkylation sites (tertiary alicyclic amines) is 1. The summed E-state index contributed by atoms with van der Waals surface area (Å²) >= 11 is 0. The minimum absolute atomic E-state index is 0.650. The number of nitrogens with two attached hydrogens (primary N) is 1. The van der Waals surface area contributed by atoms with Crippen LogP contribution < -0.4 is 5.73 Å². The van der Waals surface area contributed by atoms with Crippen LogP contribution in [0.3, 0.4) is 0 Å². The zero-order valence-electron chi connectivity index (χ0n) is 12.2. The van der Waals surface area contributed by atoms with Crippen molar-refractivity contribution < 1.29 is 0 Å². The average molecular weight is 252 g/mol. The first-order chi connectivity index (χ1) is 8.43. The van der Waals surface area contributed by atoms with Crippen LogP contribution in [0.5, 0.6) is 0 Å². The van der Waals surface area contributed by atoms with E-state index in [0.29, 0.717) is 0 Å². The standard InChI is InChI=1S/C14H28N4/c1-14(16,12-15)7-4-8-18-9-5-13(6-10-18)11-17(2)3/h13H,4-11,16H2,1-3H3. The molecule has 0 amide bonds. The lowest BCUT2D eigenvalue weighted by Crippen LogP contribution is -2.39. The first-order valence-electron chi connectivity index (χ1n) is 7.00. The number of hydrogen-bond donors (Lipinski definition) is 1. The van der Waals surface area contributed by atoms with Crippen molar-refractivity contribution in [3.63, 3.8) is 0 Å². The Balaban J connectivity index is 2.15. The van der Waals surface area contributed by atoms with E-state index < -0.39 is 5.54 Å². The average Bonchev–Trinajstić information content (AvgIpc) is 2.30. The number of nitrogens with zero attached hydrogens (tertiary/aromatic N) is 3. The highest BCUT2D eigenvalue weighted by Crippen LogP contribution is 2.18. The van der Waals surface area contributed by atoms with Gasteiger partial charge in [0.15, 0.2) is 0 Å². The van der Waals surface area contributed by atoms with Crippen molar-refractivity contribution >= 4 is 0 Å². The number of hydrogen-bond acceptors (Lipinski definition) is 4. The van der Waals surface area contributed by atoms with Gasteiger partial charge in [0, 0.05) is 6.54 Å². The SMILES string of the molecule is CN(C)CC1CCN(CCCC(C)(N)C#N)CC1. The Morgan fingerprint density at radius 2 is 2.00 bits per heavy atom. The molecule has 1 saturated heterocycles. The highest BCUT2D eigenvalue weighted by molar-refractivity contribution is 5.00. The summed E-state index contributed by atoms with van der Waals surface area (Å²) in [6, 6.07) is 2.16. The first-order valence-corrected chi connectivity index (χ1v) is 7.00. The van der Waals surface area contributed by atoms with Gasteiger partial charge >= 0.3 is 0 Å². The molecule has 104 valence electrons. The summed E-state index contributed by atoms with van der Waals surface area (Å²) in [5.74, 6) is 0.857. The lowest BCUT2D eigenvalue weighted by molar-refractivity contribution is 0.159. The highest BCUT2D eigenvalue weighted by atomic mass is 15.1. The third kappa shape index (κ3) is 5.81. The maximum atomic E-state index is 8.86. The number of nitriles is 1.